The Balaban J connectivity index is 5.18. The molecule has 0 amide bonds. The van der Waals surface area contributed by atoms with Gasteiger partial charge in [0.15, 0.2) is 12.2 Å². The number of phosphoric ester groups is 2. The van der Waals surface area contributed by atoms with E-state index in [0.29, 0.717) is 25.7 Å². The molecule has 0 fully saturated rings. The molecule has 0 saturated carbocycles. The van der Waals surface area contributed by atoms with Crippen LogP contribution in [0, 0.1) is 5.92 Å². The average Bonchev–Trinajstić information content (AvgIpc) is 0.928. The predicted octanol–water partition coefficient (Wildman–Crippen LogP) is 24.4. The van der Waals surface area contributed by atoms with Crippen molar-refractivity contribution in [1.82, 2.24) is 0 Å². The van der Waals surface area contributed by atoms with E-state index in [-0.39, 0.29) is 25.7 Å². The molecule has 0 aromatic rings. The molecule has 0 heterocycles. The number of ether oxygens (including phenoxy) is 4. The van der Waals surface area contributed by atoms with Gasteiger partial charge in [-0.25, -0.2) is 9.13 Å². The molecule has 3 N–H and O–H groups in total. The van der Waals surface area contributed by atoms with Crippen LogP contribution in [-0.4, -0.2) is 96.7 Å². The third-order valence-electron chi connectivity index (χ3n) is 19.4. The van der Waals surface area contributed by atoms with Gasteiger partial charge in [0.1, 0.15) is 19.3 Å². The fraction of sp³-hybridized carbons (Fsp3) is 0.951. The summed E-state index contributed by atoms with van der Waals surface area (Å²) < 4.78 is 68.6. The van der Waals surface area contributed by atoms with Crippen LogP contribution >= 0.6 is 15.6 Å². The number of hydrogen-bond acceptors (Lipinski definition) is 15. The van der Waals surface area contributed by atoms with Crippen molar-refractivity contribution in [1.29, 1.82) is 0 Å². The number of hydrogen-bond donors (Lipinski definition) is 3. The largest absolute Gasteiger partial charge is 0.472 e. The van der Waals surface area contributed by atoms with Gasteiger partial charge in [-0.2, -0.15) is 0 Å². The molecule has 19 heteroatoms. The summed E-state index contributed by atoms with van der Waals surface area (Å²) >= 11 is 0. The van der Waals surface area contributed by atoms with Crippen LogP contribution in [0.15, 0.2) is 0 Å². The molecule has 3 unspecified atom stereocenters. The smallest absolute Gasteiger partial charge is 0.462 e. The maximum Gasteiger partial charge on any atom is 0.472 e. The van der Waals surface area contributed by atoms with Gasteiger partial charge in [0.25, 0.3) is 0 Å². The van der Waals surface area contributed by atoms with Crippen molar-refractivity contribution >= 4 is 39.5 Å². The number of esters is 4. The van der Waals surface area contributed by atoms with Crippen molar-refractivity contribution in [3.63, 3.8) is 0 Å². The van der Waals surface area contributed by atoms with Gasteiger partial charge in [-0.3, -0.25) is 37.3 Å². The zero-order valence-electron chi connectivity index (χ0n) is 65.3. The van der Waals surface area contributed by atoms with Gasteiger partial charge in [0, 0.05) is 25.7 Å². The van der Waals surface area contributed by atoms with Gasteiger partial charge in [0.05, 0.1) is 26.4 Å². The summed E-state index contributed by atoms with van der Waals surface area (Å²) in [5.74, 6) is -1.24. The molecule has 594 valence electrons. The Morgan fingerprint density at radius 1 is 0.280 bits per heavy atom. The quantitative estimate of drug-likeness (QED) is 0.0222. The minimum absolute atomic E-state index is 0.107. The maximum absolute atomic E-state index is 13.1. The van der Waals surface area contributed by atoms with Crippen LogP contribution in [0.25, 0.3) is 0 Å². The van der Waals surface area contributed by atoms with E-state index < -0.39 is 97.5 Å². The summed E-state index contributed by atoms with van der Waals surface area (Å²) in [5.41, 5.74) is 0. The molecule has 0 radical (unpaired) electrons. The van der Waals surface area contributed by atoms with Crippen LogP contribution in [0.5, 0.6) is 0 Å². The predicted molar refractivity (Wildman–Crippen MR) is 409 cm³/mol. The zero-order valence-corrected chi connectivity index (χ0v) is 67.1. The second-order valence-corrected chi connectivity index (χ2v) is 32.3. The summed E-state index contributed by atoms with van der Waals surface area (Å²) in [6.45, 7) is 7.37. The molecule has 6 atom stereocenters. The topological polar surface area (TPSA) is 237 Å². The highest BCUT2D eigenvalue weighted by Crippen LogP contribution is 2.45. The summed E-state index contributed by atoms with van der Waals surface area (Å²) in [7, 11) is -9.91. The minimum Gasteiger partial charge on any atom is -0.462 e. The molecule has 0 spiro atoms. The van der Waals surface area contributed by atoms with Gasteiger partial charge in [0.2, 0.25) is 0 Å². The van der Waals surface area contributed by atoms with E-state index >= 15 is 0 Å². The highest BCUT2D eigenvalue weighted by molar-refractivity contribution is 7.47. The maximum atomic E-state index is 13.1. The number of carbonyl (C=O) groups is 4. The van der Waals surface area contributed by atoms with Crippen molar-refractivity contribution in [2.45, 2.75) is 451 Å². The van der Waals surface area contributed by atoms with Crippen molar-refractivity contribution in [2.24, 2.45) is 5.92 Å². The van der Waals surface area contributed by atoms with Gasteiger partial charge in [-0.05, 0) is 31.6 Å². The summed E-state index contributed by atoms with van der Waals surface area (Å²) in [6.07, 6.45) is 65.2. The van der Waals surface area contributed by atoms with E-state index in [0.717, 1.165) is 95.8 Å². The molecule has 0 aromatic heterocycles. The molecule has 0 bridgehead atoms. The molecular weight excluding hydrogens is 1310 g/mol. The third-order valence-corrected chi connectivity index (χ3v) is 21.3. The summed E-state index contributed by atoms with van der Waals surface area (Å²) in [5, 5.41) is 10.6. The summed E-state index contributed by atoms with van der Waals surface area (Å²) in [6, 6.07) is 0. The van der Waals surface area contributed by atoms with Crippen molar-refractivity contribution in [2.75, 3.05) is 39.6 Å². The van der Waals surface area contributed by atoms with E-state index in [1.54, 1.807) is 0 Å². The number of unbranched alkanes of at least 4 members (excludes halogenated alkanes) is 52. The van der Waals surface area contributed by atoms with Gasteiger partial charge >= 0.3 is 39.5 Å². The van der Waals surface area contributed by atoms with Crippen LogP contribution in [0.1, 0.15) is 433 Å². The molecule has 17 nitrogen and oxygen atoms in total. The fourth-order valence-electron chi connectivity index (χ4n) is 12.6. The fourth-order valence-corrected chi connectivity index (χ4v) is 14.1. The van der Waals surface area contributed by atoms with Crippen LogP contribution in [-0.2, 0) is 65.4 Å². The monoisotopic (exact) mass is 1470 g/mol. The Morgan fingerprint density at radius 2 is 0.480 bits per heavy atom. The first-order chi connectivity index (χ1) is 48.6. The highest BCUT2D eigenvalue weighted by atomic mass is 31.2. The highest BCUT2D eigenvalue weighted by Gasteiger charge is 2.30. The lowest BCUT2D eigenvalue weighted by Crippen LogP contribution is -2.30. The van der Waals surface area contributed by atoms with E-state index in [1.165, 1.54) is 257 Å². The van der Waals surface area contributed by atoms with Crippen molar-refractivity contribution in [3.8, 4) is 0 Å². The number of rotatable bonds is 81. The zero-order chi connectivity index (χ0) is 73.4. The Bertz CT molecular complexity index is 1910. The first-order valence-electron chi connectivity index (χ1n) is 42.2. The van der Waals surface area contributed by atoms with E-state index in [1.807, 2.05) is 0 Å². The number of aliphatic hydroxyl groups excluding tert-OH is 1. The first kappa shape index (κ1) is 98.1. The van der Waals surface area contributed by atoms with Crippen LogP contribution < -0.4 is 0 Å². The second-order valence-electron chi connectivity index (χ2n) is 29.4. The summed E-state index contributed by atoms with van der Waals surface area (Å²) in [4.78, 5) is 72.9. The van der Waals surface area contributed by atoms with Crippen LogP contribution in [0.2, 0.25) is 0 Å². The number of phosphoric acid groups is 2. The Labute approximate surface area is 613 Å². The molecule has 0 aliphatic rings. The first-order valence-corrected chi connectivity index (χ1v) is 45.2. The molecular formula is C81H158O17P2. The second kappa shape index (κ2) is 73.9. The molecule has 0 aliphatic heterocycles. The molecule has 100 heavy (non-hydrogen) atoms. The van der Waals surface area contributed by atoms with Gasteiger partial charge in [-0.1, -0.05) is 381 Å². The van der Waals surface area contributed by atoms with Crippen molar-refractivity contribution in [3.05, 3.63) is 0 Å². The Morgan fingerprint density at radius 3 is 0.710 bits per heavy atom. The van der Waals surface area contributed by atoms with Gasteiger partial charge < -0.3 is 33.8 Å². The lowest BCUT2D eigenvalue weighted by molar-refractivity contribution is -0.161. The molecule has 0 saturated heterocycles. The van der Waals surface area contributed by atoms with E-state index in [2.05, 4.69) is 34.6 Å². The minimum atomic E-state index is -4.96. The lowest BCUT2D eigenvalue weighted by atomic mass is 9.99. The lowest BCUT2D eigenvalue weighted by Gasteiger charge is -2.21. The average molecular weight is 1470 g/mol. The van der Waals surface area contributed by atoms with Crippen molar-refractivity contribution < 1.29 is 80.2 Å². The number of aliphatic hydroxyl groups is 1. The molecule has 0 rings (SSSR count). The molecule has 0 aliphatic carbocycles. The van der Waals surface area contributed by atoms with E-state index in [9.17, 15) is 43.2 Å². The van der Waals surface area contributed by atoms with Crippen LogP contribution in [0.3, 0.4) is 0 Å². The van der Waals surface area contributed by atoms with E-state index in [4.69, 9.17) is 37.0 Å². The number of carbonyl (C=O) groups excluding carboxylic acids is 4. The normalized spacial score (nSPS) is 14.1. The Kier molecular flexibility index (Phi) is 72.5. The Hall–Kier alpha value is -1.94. The SMILES string of the molecule is CCCCCCCCCCCCCCCCCCCCC(=O)OC[C@H](COP(=O)(O)OC[C@@H](O)COP(=O)(O)OC[C@@H](COC(=O)CCCCCCCCCCC)OC(=O)CCCCCCCCCCCCC)OC(=O)CCCCCCCCCCCCCCCCCCCCC(C)CC. The third kappa shape index (κ3) is 73.0. The van der Waals surface area contributed by atoms with Gasteiger partial charge in [-0.15, -0.1) is 0 Å². The molecule has 0 aromatic carbocycles. The van der Waals surface area contributed by atoms with Crippen LogP contribution in [0.4, 0.5) is 0 Å². The standard InChI is InChI=1S/C81H158O17P2/c1-6-10-13-16-19-22-24-25-26-27-31-34-37-41-45-50-55-60-65-79(84)92-71-77(98-81(86)67-62-57-52-47-42-38-35-32-29-28-30-33-36-40-44-48-53-58-63-74(5)9-4)73-96-100(89,90)94-69-75(82)68-93-99(87,88)95-72-76(70-91-78(83)64-59-54-49-43-21-18-15-12-8-3)97-80(85)66-61-56-51-46-39-23-20-17-14-11-7-2/h74-77,82H,6-73H2,1-5H3,(H,87,88)(H,89,90)/t74?,75-,76+,77+/m0/s1.